The van der Waals surface area contributed by atoms with Gasteiger partial charge in [0, 0.05) is 10.0 Å². The van der Waals surface area contributed by atoms with Gasteiger partial charge < -0.3 is 9.47 Å². The fourth-order valence-electron chi connectivity index (χ4n) is 2.64. The van der Waals surface area contributed by atoms with Gasteiger partial charge in [-0.2, -0.15) is 9.50 Å². The van der Waals surface area contributed by atoms with E-state index in [2.05, 4.69) is 26.0 Å². The van der Waals surface area contributed by atoms with Crippen LogP contribution < -0.4 is 19.6 Å². The van der Waals surface area contributed by atoms with E-state index in [9.17, 15) is 4.79 Å². The fraction of sp³-hybridized carbons (Fsp3) is 0.105. The molecule has 6 nitrogen and oxygen atoms in total. The molecule has 27 heavy (non-hydrogen) atoms. The van der Waals surface area contributed by atoms with Crippen LogP contribution in [0.4, 0.5) is 0 Å². The number of halogens is 1. The van der Waals surface area contributed by atoms with Crippen LogP contribution in [0.1, 0.15) is 5.56 Å². The SMILES string of the molecule is COc1ccc(-c2nc3sc(=Cc4ccc(Br)cc4)c(=O)n3n2)cc1OC. The standard InChI is InChI=1S/C19H14BrN3O3S/c1-25-14-8-5-12(10-15(14)26-2)17-21-19-23(22-17)18(24)16(27-19)9-11-3-6-13(20)7-4-11/h3-10H,1-2H3. The summed E-state index contributed by atoms with van der Waals surface area (Å²) in [5.41, 5.74) is 1.51. The maximum absolute atomic E-state index is 12.7. The zero-order valence-corrected chi connectivity index (χ0v) is 16.9. The van der Waals surface area contributed by atoms with Crippen molar-refractivity contribution < 1.29 is 9.47 Å². The van der Waals surface area contributed by atoms with Crippen LogP contribution in [0.5, 0.6) is 11.5 Å². The van der Waals surface area contributed by atoms with Crippen molar-refractivity contribution in [1.82, 2.24) is 14.6 Å². The van der Waals surface area contributed by atoms with Gasteiger partial charge in [0.05, 0.1) is 18.8 Å². The quantitative estimate of drug-likeness (QED) is 0.484. The molecular formula is C19H14BrN3O3S. The Morgan fingerprint density at radius 3 is 2.48 bits per heavy atom. The van der Waals surface area contributed by atoms with E-state index in [4.69, 9.17) is 9.47 Å². The van der Waals surface area contributed by atoms with E-state index in [0.717, 1.165) is 15.6 Å². The number of nitrogens with zero attached hydrogens (tertiary/aromatic N) is 3. The van der Waals surface area contributed by atoms with Gasteiger partial charge in [0.25, 0.3) is 5.56 Å². The molecule has 2 aromatic carbocycles. The highest BCUT2D eigenvalue weighted by atomic mass is 79.9. The van der Waals surface area contributed by atoms with Crippen molar-refractivity contribution in [2.24, 2.45) is 0 Å². The van der Waals surface area contributed by atoms with Crippen LogP contribution in [-0.2, 0) is 0 Å². The molecule has 4 aromatic rings. The molecule has 0 amide bonds. The molecular weight excluding hydrogens is 430 g/mol. The largest absolute Gasteiger partial charge is 0.493 e. The summed E-state index contributed by atoms with van der Waals surface area (Å²) in [7, 11) is 3.15. The number of hydrogen-bond donors (Lipinski definition) is 0. The van der Waals surface area contributed by atoms with Crippen molar-refractivity contribution >= 4 is 38.3 Å². The van der Waals surface area contributed by atoms with Crippen LogP contribution in [0, 0.1) is 0 Å². The summed E-state index contributed by atoms with van der Waals surface area (Å²) in [5, 5.41) is 4.37. The second-order valence-corrected chi connectivity index (χ2v) is 7.59. The Balaban J connectivity index is 1.77. The minimum absolute atomic E-state index is 0.183. The number of fused-ring (bicyclic) bond motifs is 1. The van der Waals surface area contributed by atoms with Crippen LogP contribution in [0.15, 0.2) is 51.7 Å². The van der Waals surface area contributed by atoms with Gasteiger partial charge in [-0.15, -0.1) is 5.10 Å². The molecule has 8 heteroatoms. The topological polar surface area (TPSA) is 65.7 Å². The number of thiazole rings is 1. The maximum Gasteiger partial charge on any atom is 0.291 e. The minimum atomic E-state index is -0.183. The first kappa shape index (κ1) is 17.7. The van der Waals surface area contributed by atoms with Crippen LogP contribution in [0.3, 0.4) is 0 Å². The average molecular weight is 444 g/mol. The fourth-order valence-corrected chi connectivity index (χ4v) is 3.81. The van der Waals surface area contributed by atoms with Gasteiger partial charge in [-0.3, -0.25) is 4.79 Å². The van der Waals surface area contributed by atoms with Gasteiger partial charge in [-0.25, -0.2) is 0 Å². The lowest BCUT2D eigenvalue weighted by molar-refractivity contribution is 0.355. The molecule has 0 aliphatic rings. The molecule has 0 radical (unpaired) electrons. The molecule has 2 heterocycles. The van der Waals surface area contributed by atoms with Gasteiger partial charge in [0.2, 0.25) is 4.96 Å². The van der Waals surface area contributed by atoms with Crippen LogP contribution in [0.2, 0.25) is 0 Å². The molecule has 2 aromatic heterocycles. The molecule has 4 rings (SSSR count). The lowest BCUT2D eigenvalue weighted by atomic mass is 10.2. The molecule has 0 bridgehead atoms. The van der Waals surface area contributed by atoms with E-state index < -0.39 is 0 Å². The summed E-state index contributed by atoms with van der Waals surface area (Å²) in [4.78, 5) is 17.7. The van der Waals surface area contributed by atoms with E-state index in [1.54, 1.807) is 26.4 Å². The molecule has 136 valence electrons. The number of aromatic nitrogens is 3. The van der Waals surface area contributed by atoms with E-state index in [1.807, 2.05) is 36.4 Å². The number of hydrogen-bond acceptors (Lipinski definition) is 6. The molecule has 0 spiro atoms. The van der Waals surface area contributed by atoms with E-state index in [-0.39, 0.29) is 5.56 Å². The first-order valence-electron chi connectivity index (χ1n) is 7.98. The van der Waals surface area contributed by atoms with Crippen LogP contribution in [0.25, 0.3) is 22.4 Å². The minimum Gasteiger partial charge on any atom is -0.493 e. The molecule has 0 saturated carbocycles. The average Bonchev–Trinajstić information content (AvgIpc) is 3.23. The molecule has 0 N–H and O–H groups in total. The summed E-state index contributed by atoms with van der Waals surface area (Å²) in [6.07, 6.45) is 1.84. The second kappa shape index (κ2) is 7.13. The summed E-state index contributed by atoms with van der Waals surface area (Å²) in [6, 6.07) is 13.2. The lowest BCUT2D eigenvalue weighted by Crippen LogP contribution is -2.23. The number of benzene rings is 2. The molecule has 0 fully saturated rings. The van der Waals surface area contributed by atoms with Crippen molar-refractivity contribution in [2.75, 3.05) is 14.2 Å². The molecule has 0 aliphatic heterocycles. The van der Waals surface area contributed by atoms with Crippen molar-refractivity contribution in [3.8, 4) is 22.9 Å². The van der Waals surface area contributed by atoms with E-state index in [0.29, 0.717) is 26.8 Å². The Hall–Kier alpha value is -2.71. The van der Waals surface area contributed by atoms with E-state index >= 15 is 0 Å². The highest BCUT2D eigenvalue weighted by Gasteiger charge is 2.14. The number of rotatable bonds is 4. The molecule has 0 unspecified atom stereocenters. The summed E-state index contributed by atoms with van der Waals surface area (Å²) in [6.45, 7) is 0. The van der Waals surface area contributed by atoms with Crippen LogP contribution in [-0.4, -0.2) is 28.8 Å². The zero-order valence-electron chi connectivity index (χ0n) is 14.5. The number of ether oxygens (including phenoxy) is 2. The monoisotopic (exact) mass is 443 g/mol. The van der Waals surface area contributed by atoms with Gasteiger partial charge in [-0.05, 0) is 42.0 Å². The van der Waals surface area contributed by atoms with Crippen molar-refractivity contribution in [3.63, 3.8) is 0 Å². The second-order valence-electron chi connectivity index (χ2n) is 5.67. The van der Waals surface area contributed by atoms with Gasteiger partial charge >= 0.3 is 0 Å². The Bertz CT molecular complexity index is 1230. The Morgan fingerprint density at radius 1 is 1.07 bits per heavy atom. The lowest BCUT2D eigenvalue weighted by Gasteiger charge is -2.07. The predicted molar refractivity (Wildman–Crippen MR) is 109 cm³/mol. The third kappa shape index (κ3) is 3.33. The Labute approximate surface area is 166 Å². The predicted octanol–water partition coefficient (Wildman–Crippen LogP) is 3.15. The molecule has 0 atom stereocenters. The summed E-state index contributed by atoms with van der Waals surface area (Å²) < 4.78 is 13.5. The van der Waals surface area contributed by atoms with Crippen LogP contribution >= 0.6 is 27.3 Å². The third-order valence-electron chi connectivity index (χ3n) is 3.99. The van der Waals surface area contributed by atoms with Crippen molar-refractivity contribution in [1.29, 1.82) is 0 Å². The van der Waals surface area contributed by atoms with Gasteiger partial charge in [0.1, 0.15) is 0 Å². The van der Waals surface area contributed by atoms with Gasteiger partial charge in [0.15, 0.2) is 17.3 Å². The Kier molecular flexibility index (Phi) is 4.67. The molecule has 0 saturated heterocycles. The maximum atomic E-state index is 12.7. The van der Waals surface area contributed by atoms with Crippen molar-refractivity contribution in [2.45, 2.75) is 0 Å². The summed E-state index contributed by atoms with van der Waals surface area (Å²) >= 11 is 4.71. The zero-order chi connectivity index (χ0) is 19.0. The Morgan fingerprint density at radius 2 is 1.81 bits per heavy atom. The third-order valence-corrected chi connectivity index (χ3v) is 5.48. The van der Waals surface area contributed by atoms with Crippen molar-refractivity contribution in [3.05, 3.63) is 67.4 Å². The first-order valence-corrected chi connectivity index (χ1v) is 9.59. The van der Waals surface area contributed by atoms with E-state index in [1.165, 1.54) is 15.9 Å². The summed E-state index contributed by atoms with van der Waals surface area (Å²) in [5.74, 6) is 1.67. The highest BCUT2D eigenvalue weighted by molar-refractivity contribution is 9.10. The normalized spacial score (nSPS) is 11.9. The first-order chi connectivity index (χ1) is 13.1. The smallest absolute Gasteiger partial charge is 0.291 e. The van der Waals surface area contributed by atoms with Gasteiger partial charge in [-0.1, -0.05) is 39.4 Å². The highest BCUT2D eigenvalue weighted by Crippen LogP contribution is 2.31. The number of methoxy groups -OCH3 is 2. The molecule has 0 aliphatic carbocycles.